The van der Waals surface area contributed by atoms with E-state index in [1.54, 1.807) is 0 Å². The van der Waals surface area contributed by atoms with E-state index in [4.69, 9.17) is 4.74 Å². The van der Waals surface area contributed by atoms with Gasteiger partial charge in [0.2, 0.25) is 0 Å². The van der Waals surface area contributed by atoms with Crippen LogP contribution in [-0.2, 0) is 4.74 Å². The van der Waals surface area contributed by atoms with Crippen molar-refractivity contribution >= 4 is 0 Å². The lowest BCUT2D eigenvalue weighted by Crippen LogP contribution is -2.28. The smallest absolute Gasteiger partial charge is 0.0602 e. The highest BCUT2D eigenvalue weighted by atomic mass is 16.5. The highest BCUT2D eigenvalue weighted by Gasteiger charge is 2.16. The van der Waals surface area contributed by atoms with Crippen LogP contribution in [0.4, 0.5) is 0 Å². The predicted octanol–water partition coefficient (Wildman–Crippen LogP) is 2.85. The van der Waals surface area contributed by atoms with Crippen LogP contribution >= 0.6 is 0 Å². The fraction of sp³-hybridized carbons (Fsp3) is 1.00. The van der Waals surface area contributed by atoms with Gasteiger partial charge in [-0.05, 0) is 33.6 Å². The van der Waals surface area contributed by atoms with Gasteiger partial charge in [0, 0.05) is 0 Å². The van der Waals surface area contributed by atoms with Crippen LogP contribution in [0.3, 0.4) is 0 Å². The Morgan fingerprint density at radius 3 is 1.50 bits per heavy atom. The van der Waals surface area contributed by atoms with E-state index in [0.29, 0.717) is 12.0 Å². The normalized spacial score (nSPS) is 15.9. The summed E-state index contributed by atoms with van der Waals surface area (Å²) in [6, 6.07) is 0. The van der Waals surface area contributed by atoms with Crippen LogP contribution in [0.2, 0.25) is 0 Å². The molecule has 1 heteroatoms. The minimum Gasteiger partial charge on any atom is -0.373 e. The average molecular weight is 144 g/mol. The molecule has 0 amide bonds. The van der Waals surface area contributed by atoms with E-state index in [1.165, 1.54) is 0 Å². The van der Waals surface area contributed by atoms with E-state index in [0.717, 1.165) is 0 Å². The number of rotatable bonds is 2. The van der Waals surface area contributed by atoms with Crippen LogP contribution in [0, 0.1) is 5.92 Å². The van der Waals surface area contributed by atoms with Gasteiger partial charge < -0.3 is 4.74 Å². The molecule has 0 aliphatic carbocycles. The molecule has 0 aromatic heterocycles. The van der Waals surface area contributed by atoms with Crippen molar-refractivity contribution in [1.82, 2.24) is 0 Å². The molecule has 10 heavy (non-hydrogen) atoms. The fourth-order valence-electron chi connectivity index (χ4n) is 0.694. The quantitative estimate of drug-likeness (QED) is 0.579. The Bertz CT molecular complexity index is 89.4. The maximum Gasteiger partial charge on any atom is 0.0602 e. The average Bonchev–Trinajstić information content (AvgIpc) is 1.60. The summed E-state index contributed by atoms with van der Waals surface area (Å²) in [5, 5.41) is 0. The Kier molecular flexibility index (Phi) is 3.37. The standard InChI is InChI=1S/C9H20O/c1-7(2)8(3)10-9(4,5)6/h7-8H,1-6H3/t8-/m0/s1. The van der Waals surface area contributed by atoms with Gasteiger partial charge in [-0.3, -0.25) is 0 Å². The molecule has 0 rings (SSSR count). The minimum absolute atomic E-state index is 0.00366. The van der Waals surface area contributed by atoms with Gasteiger partial charge in [0.15, 0.2) is 0 Å². The van der Waals surface area contributed by atoms with Crippen LogP contribution in [0.1, 0.15) is 41.5 Å². The molecule has 0 saturated carbocycles. The summed E-state index contributed by atoms with van der Waals surface area (Å²) in [7, 11) is 0. The van der Waals surface area contributed by atoms with Crippen LogP contribution in [-0.4, -0.2) is 11.7 Å². The maximum atomic E-state index is 5.70. The molecular formula is C9H20O. The van der Waals surface area contributed by atoms with E-state index in [-0.39, 0.29) is 5.60 Å². The van der Waals surface area contributed by atoms with Gasteiger partial charge in [-0.25, -0.2) is 0 Å². The van der Waals surface area contributed by atoms with E-state index >= 15 is 0 Å². The number of ether oxygens (including phenoxy) is 1. The Balaban J connectivity index is 3.68. The van der Waals surface area contributed by atoms with Gasteiger partial charge in [-0.15, -0.1) is 0 Å². The van der Waals surface area contributed by atoms with E-state index in [1.807, 2.05) is 0 Å². The van der Waals surface area contributed by atoms with Crippen LogP contribution in [0.5, 0.6) is 0 Å². The third-order valence-electron chi connectivity index (χ3n) is 1.48. The van der Waals surface area contributed by atoms with E-state index < -0.39 is 0 Å². The predicted molar refractivity (Wildman–Crippen MR) is 45.1 cm³/mol. The largest absolute Gasteiger partial charge is 0.373 e. The summed E-state index contributed by atoms with van der Waals surface area (Å²) < 4.78 is 5.70. The monoisotopic (exact) mass is 144 g/mol. The van der Waals surface area contributed by atoms with Crippen molar-refractivity contribution in [3.63, 3.8) is 0 Å². The van der Waals surface area contributed by atoms with Crippen molar-refractivity contribution in [2.24, 2.45) is 5.92 Å². The van der Waals surface area contributed by atoms with Gasteiger partial charge in [0.05, 0.1) is 11.7 Å². The van der Waals surface area contributed by atoms with Crippen molar-refractivity contribution in [2.75, 3.05) is 0 Å². The van der Waals surface area contributed by atoms with Crippen molar-refractivity contribution in [1.29, 1.82) is 0 Å². The fourth-order valence-corrected chi connectivity index (χ4v) is 0.694. The van der Waals surface area contributed by atoms with Crippen molar-refractivity contribution < 1.29 is 4.74 Å². The Morgan fingerprint density at radius 1 is 1.00 bits per heavy atom. The summed E-state index contributed by atoms with van der Waals surface area (Å²) >= 11 is 0. The van der Waals surface area contributed by atoms with Crippen LogP contribution in [0.25, 0.3) is 0 Å². The first-order valence-corrected chi connectivity index (χ1v) is 4.01. The molecule has 0 heterocycles. The summed E-state index contributed by atoms with van der Waals surface area (Å²) in [5.74, 6) is 0.610. The van der Waals surface area contributed by atoms with Gasteiger partial charge in [0.25, 0.3) is 0 Å². The first-order valence-electron chi connectivity index (χ1n) is 4.01. The lowest BCUT2D eigenvalue weighted by Gasteiger charge is -2.27. The molecule has 0 saturated heterocycles. The molecule has 0 unspecified atom stereocenters. The summed E-state index contributed by atoms with van der Waals surface area (Å²) in [4.78, 5) is 0. The molecule has 0 radical (unpaired) electrons. The maximum absolute atomic E-state index is 5.70. The van der Waals surface area contributed by atoms with Crippen LogP contribution in [0.15, 0.2) is 0 Å². The molecule has 62 valence electrons. The first kappa shape index (κ1) is 9.96. The topological polar surface area (TPSA) is 9.23 Å². The SMILES string of the molecule is CC(C)[C@H](C)OC(C)(C)C. The second-order valence-corrected chi connectivity index (χ2v) is 4.18. The molecule has 0 aromatic rings. The molecule has 0 N–H and O–H groups in total. The third-order valence-corrected chi connectivity index (χ3v) is 1.48. The molecule has 0 aliphatic heterocycles. The lowest BCUT2D eigenvalue weighted by molar-refractivity contribution is -0.0698. The van der Waals surface area contributed by atoms with Gasteiger partial charge >= 0.3 is 0 Å². The molecule has 1 nitrogen and oxygen atoms in total. The van der Waals surface area contributed by atoms with E-state index in [9.17, 15) is 0 Å². The Hall–Kier alpha value is -0.0400. The van der Waals surface area contributed by atoms with Gasteiger partial charge in [0.1, 0.15) is 0 Å². The van der Waals surface area contributed by atoms with Gasteiger partial charge in [-0.1, -0.05) is 13.8 Å². The zero-order valence-electron chi connectivity index (χ0n) is 8.06. The summed E-state index contributed by atoms with van der Waals surface area (Å²) in [6.07, 6.45) is 0.361. The molecule has 1 atom stereocenters. The Morgan fingerprint density at radius 2 is 1.40 bits per heavy atom. The third kappa shape index (κ3) is 4.80. The highest BCUT2D eigenvalue weighted by Crippen LogP contribution is 2.15. The second kappa shape index (κ2) is 3.38. The van der Waals surface area contributed by atoms with E-state index in [2.05, 4.69) is 41.5 Å². The van der Waals surface area contributed by atoms with Gasteiger partial charge in [-0.2, -0.15) is 0 Å². The molecule has 0 bridgehead atoms. The van der Waals surface area contributed by atoms with Crippen molar-refractivity contribution in [3.8, 4) is 0 Å². The minimum atomic E-state index is 0.00366. The Labute approximate surface area is 64.8 Å². The summed E-state index contributed by atoms with van der Waals surface area (Å²) in [5.41, 5.74) is 0.00366. The second-order valence-electron chi connectivity index (χ2n) is 4.18. The number of hydrogen-bond acceptors (Lipinski definition) is 1. The lowest BCUT2D eigenvalue weighted by atomic mass is 10.1. The number of hydrogen-bond donors (Lipinski definition) is 0. The molecule has 0 spiro atoms. The molecule has 0 aromatic carbocycles. The zero-order chi connectivity index (χ0) is 8.36. The van der Waals surface area contributed by atoms with Crippen LogP contribution < -0.4 is 0 Å². The van der Waals surface area contributed by atoms with Crippen molar-refractivity contribution in [2.45, 2.75) is 53.2 Å². The molecule has 0 aliphatic rings. The first-order chi connectivity index (χ1) is 4.33. The van der Waals surface area contributed by atoms with Crippen molar-refractivity contribution in [3.05, 3.63) is 0 Å². The molecule has 0 fully saturated rings. The molecular weight excluding hydrogens is 124 g/mol. The summed E-state index contributed by atoms with van der Waals surface area (Å²) in [6.45, 7) is 12.7. The highest BCUT2D eigenvalue weighted by molar-refractivity contribution is 4.64. The zero-order valence-corrected chi connectivity index (χ0v) is 8.06.